The molecule has 5 nitrogen and oxygen atoms in total. The Bertz CT molecular complexity index is 741. The molecule has 0 spiro atoms. The molecule has 4 rings (SSSR count). The van der Waals surface area contributed by atoms with E-state index in [9.17, 15) is 14.7 Å². The second kappa shape index (κ2) is 7.01. The van der Waals surface area contributed by atoms with Gasteiger partial charge in [-0.15, -0.1) is 0 Å². The zero-order chi connectivity index (χ0) is 20.1. The second-order valence-electron chi connectivity index (χ2n) is 9.91. The van der Waals surface area contributed by atoms with Crippen LogP contribution in [0.25, 0.3) is 0 Å². The van der Waals surface area contributed by atoms with Crippen LogP contribution in [0.15, 0.2) is 23.4 Å². The maximum atomic E-state index is 12.2. The average molecular weight is 387 g/mol. The third-order valence-electron chi connectivity index (χ3n) is 8.68. The maximum absolute atomic E-state index is 12.2. The van der Waals surface area contributed by atoms with Crippen molar-refractivity contribution in [2.75, 3.05) is 6.61 Å². The van der Waals surface area contributed by atoms with Crippen molar-refractivity contribution in [1.82, 2.24) is 5.48 Å². The van der Waals surface area contributed by atoms with Gasteiger partial charge in [-0.25, -0.2) is 0 Å². The minimum absolute atomic E-state index is 0.165. The van der Waals surface area contributed by atoms with Crippen molar-refractivity contribution in [1.29, 1.82) is 0 Å². The van der Waals surface area contributed by atoms with E-state index in [1.54, 1.807) is 6.92 Å². The first-order valence-corrected chi connectivity index (χ1v) is 10.7. The fourth-order valence-electron chi connectivity index (χ4n) is 7.33. The summed E-state index contributed by atoms with van der Waals surface area (Å²) in [6.07, 6.45) is 12.2. The second-order valence-corrected chi connectivity index (χ2v) is 9.91. The molecule has 0 aromatic rings. The number of allylic oxidation sites excluding steroid dienone is 3. The van der Waals surface area contributed by atoms with E-state index in [4.69, 9.17) is 4.84 Å². The number of carboxylic acid groups (broad SMARTS) is 1. The Balaban J connectivity index is 1.51. The highest BCUT2D eigenvalue weighted by molar-refractivity contribution is 5.79. The summed E-state index contributed by atoms with van der Waals surface area (Å²) in [5, 5.41) is 10.5. The highest BCUT2D eigenvalue weighted by Crippen LogP contribution is 2.66. The lowest BCUT2D eigenvalue weighted by atomic mass is 9.47. The van der Waals surface area contributed by atoms with Crippen molar-refractivity contribution in [3.63, 3.8) is 0 Å². The number of Topliss-reactive ketones (excluding diaryl/α,β-unsaturated/α-hetero) is 1. The van der Waals surface area contributed by atoms with Crippen molar-refractivity contribution in [2.45, 2.75) is 65.7 Å². The molecule has 0 bridgehead atoms. The number of hydroxylamine groups is 1. The summed E-state index contributed by atoms with van der Waals surface area (Å²) in [5.74, 6) is 1.46. The molecule has 1 N–H and O–H groups in total. The molecule has 4 aliphatic rings. The Hall–Kier alpha value is -1.62. The van der Waals surface area contributed by atoms with Crippen molar-refractivity contribution in [3.05, 3.63) is 23.4 Å². The van der Waals surface area contributed by atoms with Gasteiger partial charge in [0.25, 0.3) is 0 Å². The lowest BCUT2D eigenvalue weighted by Crippen LogP contribution is -2.50. The average Bonchev–Trinajstić information content (AvgIpc) is 2.99. The summed E-state index contributed by atoms with van der Waals surface area (Å²) < 4.78 is 0. The Morgan fingerprint density at radius 1 is 1.21 bits per heavy atom. The van der Waals surface area contributed by atoms with Crippen LogP contribution in [0.4, 0.5) is 0 Å². The first kappa shape index (κ1) is 19.7. The third kappa shape index (κ3) is 3.02. The Kier molecular flexibility index (Phi) is 4.93. The monoisotopic (exact) mass is 386 g/mol. The minimum Gasteiger partial charge on any atom is -0.548 e. The van der Waals surface area contributed by atoms with Gasteiger partial charge < -0.3 is 9.90 Å². The molecule has 4 aliphatic carbocycles. The molecule has 0 amide bonds. The van der Waals surface area contributed by atoms with Crippen LogP contribution in [-0.4, -0.2) is 18.4 Å². The lowest BCUT2D eigenvalue weighted by Gasteiger charge is -2.57. The molecule has 0 radical (unpaired) electrons. The topological polar surface area (TPSA) is 78.5 Å². The Morgan fingerprint density at radius 2 is 2.00 bits per heavy atom. The molecule has 0 aromatic heterocycles. The molecule has 3 saturated carbocycles. The van der Waals surface area contributed by atoms with Crippen LogP contribution in [0, 0.1) is 34.5 Å². The largest absolute Gasteiger partial charge is 0.548 e. The predicted octanol–water partition coefficient (Wildman–Crippen LogP) is 2.92. The standard InChI is InChI=1S/C23H33NO4/c1-14(25)18-6-7-19-17-5-4-15-12-16(24-28-13-21(26)27)8-10-22(15,2)20(17)9-11-23(18,19)3/h8,12,17-20,24H,4-7,9-11,13H2,1-3H3,(H,26,27)/p-1/t17-,18-,19+,20-,22+,23+/m1/s1. The van der Waals surface area contributed by atoms with E-state index < -0.39 is 12.6 Å². The summed E-state index contributed by atoms with van der Waals surface area (Å²) in [6, 6.07) is 0. The summed E-state index contributed by atoms with van der Waals surface area (Å²) in [7, 11) is 0. The maximum Gasteiger partial charge on any atom is 0.133 e. The Morgan fingerprint density at radius 3 is 2.71 bits per heavy atom. The molecule has 3 fully saturated rings. The molecule has 28 heavy (non-hydrogen) atoms. The molecule has 0 aliphatic heterocycles. The molecule has 0 aromatic carbocycles. The predicted molar refractivity (Wildman–Crippen MR) is 103 cm³/mol. The normalized spacial score (nSPS) is 41.8. The fraction of sp³-hybridized carbons (Fsp3) is 0.739. The minimum atomic E-state index is -1.23. The van der Waals surface area contributed by atoms with E-state index >= 15 is 0 Å². The van der Waals surface area contributed by atoms with Gasteiger partial charge in [-0.05, 0) is 86.5 Å². The number of fused-ring (bicyclic) bond motifs is 5. The van der Waals surface area contributed by atoms with Gasteiger partial charge in [-0.2, -0.15) is 0 Å². The molecule has 0 heterocycles. The first-order valence-electron chi connectivity index (χ1n) is 10.7. The number of ketones is 1. The lowest BCUT2D eigenvalue weighted by molar-refractivity contribution is -0.310. The SMILES string of the molecule is CC(=O)[C@H]1CC[C@H]2[C@H]3CCC4=CC(NOCC(=O)[O-])=CC[C@]4(C)[C@@H]3CC[C@@]12C. The number of rotatable bonds is 5. The fourth-order valence-corrected chi connectivity index (χ4v) is 7.33. The van der Waals surface area contributed by atoms with Gasteiger partial charge in [-0.1, -0.05) is 25.5 Å². The molecule has 0 saturated heterocycles. The van der Waals surface area contributed by atoms with E-state index in [1.807, 2.05) is 0 Å². The van der Waals surface area contributed by atoms with E-state index in [1.165, 1.54) is 24.8 Å². The van der Waals surface area contributed by atoms with Gasteiger partial charge in [0.15, 0.2) is 0 Å². The number of carbonyl (C=O) groups excluding carboxylic acids is 2. The smallest absolute Gasteiger partial charge is 0.133 e. The van der Waals surface area contributed by atoms with Gasteiger partial charge >= 0.3 is 0 Å². The van der Waals surface area contributed by atoms with E-state index in [0.29, 0.717) is 23.5 Å². The van der Waals surface area contributed by atoms with Gasteiger partial charge in [0.1, 0.15) is 12.4 Å². The number of aliphatic carboxylic acids is 1. The van der Waals surface area contributed by atoms with Crippen LogP contribution in [0.5, 0.6) is 0 Å². The number of carboxylic acids is 1. The number of hydrogen-bond donors (Lipinski definition) is 1. The van der Waals surface area contributed by atoms with Crippen LogP contribution < -0.4 is 10.6 Å². The highest BCUT2D eigenvalue weighted by atomic mass is 16.7. The summed E-state index contributed by atoms with van der Waals surface area (Å²) in [6.45, 7) is 6.12. The Labute approximate surface area is 167 Å². The van der Waals surface area contributed by atoms with Gasteiger partial charge in [0, 0.05) is 5.92 Å². The molecule has 154 valence electrons. The summed E-state index contributed by atoms with van der Waals surface area (Å²) in [4.78, 5) is 27.8. The van der Waals surface area contributed by atoms with Gasteiger partial charge in [0.05, 0.1) is 11.7 Å². The van der Waals surface area contributed by atoms with Gasteiger partial charge in [0.2, 0.25) is 0 Å². The molecule has 5 heteroatoms. The van der Waals surface area contributed by atoms with Gasteiger partial charge in [-0.3, -0.25) is 15.1 Å². The molecule has 0 unspecified atom stereocenters. The van der Waals surface area contributed by atoms with E-state index in [2.05, 4.69) is 31.5 Å². The van der Waals surface area contributed by atoms with E-state index in [-0.39, 0.29) is 16.7 Å². The summed E-state index contributed by atoms with van der Waals surface area (Å²) >= 11 is 0. The van der Waals surface area contributed by atoms with Crippen molar-refractivity contribution in [2.24, 2.45) is 34.5 Å². The molecular formula is C23H32NO4-. The number of nitrogens with one attached hydrogen (secondary N) is 1. The van der Waals surface area contributed by atoms with Crippen LogP contribution in [0.1, 0.15) is 65.7 Å². The zero-order valence-electron chi connectivity index (χ0n) is 17.3. The van der Waals surface area contributed by atoms with Crippen molar-refractivity contribution >= 4 is 11.8 Å². The third-order valence-corrected chi connectivity index (χ3v) is 8.68. The molecular weight excluding hydrogens is 354 g/mol. The van der Waals surface area contributed by atoms with Crippen LogP contribution in [0.2, 0.25) is 0 Å². The zero-order valence-corrected chi connectivity index (χ0v) is 17.3. The van der Waals surface area contributed by atoms with Crippen LogP contribution >= 0.6 is 0 Å². The highest BCUT2D eigenvalue weighted by Gasteiger charge is 2.59. The number of hydrogen-bond acceptors (Lipinski definition) is 5. The quantitative estimate of drug-likeness (QED) is 0.735. The van der Waals surface area contributed by atoms with Crippen LogP contribution in [-0.2, 0) is 14.4 Å². The van der Waals surface area contributed by atoms with E-state index in [0.717, 1.165) is 31.4 Å². The van der Waals surface area contributed by atoms with Crippen molar-refractivity contribution in [3.8, 4) is 0 Å². The van der Waals surface area contributed by atoms with Crippen molar-refractivity contribution < 1.29 is 19.5 Å². The molecule has 6 atom stereocenters. The number of carbonyl (C=O) groups is 2. The van der Waals surface area contributed by atoms with Crippen LogP contribution in [0.3, 0.4) is 0 Å². The summed E-state index contributed by atoms with van der Waals surface area (Å²) in [5.41, 5.74) is 5.43. The first-order chi connectivity index (χ1) is 13.3.